The van der Waals surface area contributed by atoms with Crippen LogP contribution in [0.1, 0.15) is 5.56 Å². The molecule has 3 heteroatoms. The third kappa shape index (κ3) is 2.65. The van der Waals surface area contributed by atoms with Crippen molar-refractivity contribution in [1.29, 1.82) is 0 Å². The van der Waals surface area contributed by atoms with Gasteiger partial charge in [0.1, 0.15) is 5.82 Å². The number of hydrogen-bond donors (Lipinski definition) is 1. The second-order valence-corrected chi connectivity index (χ2v) is 4.24. The zero-order chi connectivity index (χ0) is 12.3. The molecule has 88 valence electrons. The zero-order valence-electron chi connectivity index (χ0n) is 9.29. The third-order valence-corrected chi connectivity index (χ3v) is 2.96. The van der Waals surface area contributed by atoms with Crippen molar-refractivity contribution in [3.8, 4) is 11.1 Å². The molecule has 17 heavy (non-hydrogen) atoms. The van der Waals surface area contributed by atoms with E-state index in [9.17, 15) is 4.39 Å². The molecule has 1 nitrogen and oxygen atoms in total. The molecule has 0 spiro atoms. The van der Waals surface area contributed by atoms with Gasteiger partial charge in [0.2, 0.25) is 0 Å². The molecule has 0 aliphatic heterocycles. The maximum absolute atomic E-state index is 13.8. The van der Waals surface area contributed by atoms with E-state index in [4.69, 9.17) is 17.3 Å². The Morgan fingerprint density at radius 3 is 2.53 bits per heavy atom. The highest BCUT2D eigenvalue weighted by Crippen LogP contribution is 2.30. The van der Waals surface area contributed by atoms with E-state index in [1.54, 1.807) is 12.1 Å². The number of hydrogen-bond acceptors (Lipinski definition) is 1. The van der Waals surface area contributed by atoms with Crippen LogP contribution >= 0.6 is 11.6 Å². The third-order valence-electron chi connectivity index (χ3n) is 2.63. The summed E-state index contributed by atoms with van der Waals surface area (Å²) in [6.45, 7) is 0.549. The van der Waals surface area contributed by atoms with Crippen molar-refractivity contribution in [3.05, 3.63) is 58.9 Å². The first-order valence-electron chi connectivity index (χ1n) is 5.46. The van der Waals surface area contributed by atoms with Crippen molar-refractivity contribution in [3.63, 3.8) is 0 Å². The Morgan fingerprint density at radius 2 is 1.82 bits per heavy atom. The minimum Gasteiger partial charge on any atom is -0.330 e. The molecule has 0 fully saturated rings. The molecule has 2 aromatic rings. The molecule has 2 N–H and O–H groups in total. The number of halogens is 2. The van der Waals surface area contributed by atoms with E-state index >= 15 is 0 Å². The van der Waals surface area contributed by atoms with Crippen LogP contribution in [0.2, 0.25) is 5.02 Å². The van der Waals surface area contributed by atoms with E-state index < -0.39 is 0 Å². The second-order valence-electron chi connectivity index (χ2n) is 3.83. The van der Waals surface area contributed by atoms with Gasteiger partial charge in [0, 0.05) is 16.1 Å². The molecular weight excluding hydrogens is 237 g/mol. The van der Waals surface area contributed by atoms with E-state index in [1.165, 1.54) is 6.07 Å². The van der Waals surface area contributed by atoms with Crippen LogP contribution in [0.4, 0.5) is 4.39 Å². The maximum atomic E-state index is 13.8. The highest BCUT2D eigenvalue weighted by atomic mass is 35.5. The van der Waals surface area contributed by atoms with Crippen LogP contribution in [-0.2, 0) is 6.42 Å². The average Bonchev–Trinajstić information content (AvgIpc) is 2.33. The number of nitrogens with two attached hydrogens (primary N) is 1. The quantitative estimate of drug-likeness (QED) is 0.883. The fraction of sp³-hybridized carbons (Fsp3) is 0.143. The Kier molecular flexibility index (Phi) is 3.77. The van der Waals surface area contributed by atoms with Gasteiger partial charge in [-0.15, -0.1) is 0 Å². The van der Waals surface area contributed by atoms with E-state index in [0.29, 0.717) is 22.7 Å². The summed E-state index contributed by atoms with van der Waals surface area (Å²) in [5.41, 5.74) is 7.76. The largest absolute Gasteiger partial charge is 0.330 e. The molecule has 2 rings (SSSR count). The Morgan fingerprint density at radius 1 is 1.06 bits per heavy atom. The lowest BCUT2D eigenvalue weighted by molar-refractivity contribution is 0.630. The lowest BCUT2D eigenvalue weighted by atomic mass is 10.0. The molecule has 2 aromatic carbocycles. The van der Waals surface area contributed by atoms with E-state index in [2.05, 4.69) is 0 Å². The van der Waals surface area contributed by atoms with Gasteiger partial charge >= 0.3 is 0 Å². The number of benzene rings is 2. The summed E-state index contributed by atoms with van der Waals surface area (Å²) in [6.07, 6.45) is 0.734. The van der Waals surface area contributed by atoms with Crippen LogP contribution < -0.4 is 5.73 Å². The molecule has 0 bridgehead atoms. The van der Waals surface area contributed by atoms with Crippen LogP contribution in [0.3, 0.4) is 0 Å². The zero-order valence-corrected chi connectivity index (χ0v) is 10.0. The van der Waals surface area contributed by atoms with Crippen molar-refractivity contribution in [2.45, 2.75) is 6.42 Å². The standard InChI is InChI=1S/C14H13ClFN/c15-13-4-2-1-3-11(13)12-9-10(7-8-17)5-6-14(12)16/h1-6,9H,7-8,17H2. The Hall–Kier alpha value is -1.38. The van der Waals surface area contributed by atoms with Crippen molar-refractivity contribution >= 4 is 11.6 Å². The van der Waals surface area contributed by atoms with Gasteiger partial charge in [-0.1, -0.05) is 35.9 Å². The van der Waals surface area contributed by atoms with Crippen LogP contribution in [0.25, 0.3) is 11.1 Å². The molecule has 0 aliphatic rings. The fourth-order valence-corrected chi connectivity index (χ4v) is 2.02. The molecule has 0 heterocycles. The van der Waals surface area contributed by atoms with Crippen LogP contribution in [0.5, 0.6) is 0 Å². The molecule has 0 saturated heterocycles. The van der Waals surface area contributed by atoms with E-state index in [0.717, 1.165) is 12.0 Å². The van der Waals surface area contributed by atoms with Gasteiger partial charge in [0.25, 0.3) is 0 Å². The van der Waals surface area contributed by atoms with Gasteiger partial charge in [0.05, 0.1) is 0 Å². The molecule has 0 atom stereocenters. The fourth-order valence-electron chi connectivity index (χ4n) is 1.78. The number of rotatable bonds is 3. The maximum Gasteiger partial charge on any atom is 0.131 e. The van der Waals surface area contributed by atoms with Gasteiger partial charge in [-0.05, 0) is 36.7 Å². The topological polar surface area (TPSA) is 26.0 Å². The van der Waals surface area contributed by atoms with Crippen LogP contribution in [0.15, 0.2) is 42.5 Å². The average molecular weight is 250 g/mol. The van der Waals surface area contributed by atoms with Gasteiger partial charge in [-0.25, -0.2) is 4.39 Å². The van der Waals surface area contributed by atoms with E-state index in [-0.39, 0.29) is 5.82 Å². The molecule has 0 amide bonds. The summed E-state index contributed by atoms with van der Waals surface area (Å²) in [6, 6.07) is 12.3. The molecule has 0 aliphatic carbocycles. The summed E-state index contributed by atoms with van der Waals surface area (Å²) in [4.78, 5) is 0. The summed E-state index contributed by atoms with van der Waals surface area (Å²) < 4.78 is 13.8. The van der Waals surface area contributed by atoms with Gasteiger partial charge in [-0.3, -0.25) is 0 Å². The summed E-state index contributed by atoms with van der Waals surface area (Å²) in [5.74, 6) is -0.265. The summed E-state index contributed by atoms with van der Waals surface area (Å²) in [5, 5.41) is 0.552. The second kappa shape index (κ2) is 5.30. The SMILES string of the molecule is NCCc1ccc(F)c(-c2ccccc2Cl)c1. The molecular formula is C14H13ClFN. The first-order valence-corrected chi connectivity index (χ1v) is 5.83. The Bertz CT molecular complexity index is 525. The van der Waals surface area contributed by atoms with Crippen molar-refractivity contribution < 1.29 is 4.39 Å². The predicted octanol–water partition coefficient (Wildman–Crippen LogP) is 3.65. The highest BCUT2D eigenvalue weighted by Gasteiger charge is 2.09. The van der Waals surface area contributed by atoms with Crippen molar-refractivity contribution in [2.24, 2.45) is 5.73 Å². The Balaban J connectivity index is 2.51. The smallest absolute Gasteiger partial charge is 0.131 e. The molecule has 0 unspecified atom stereocenters. The minimum atomic E-state index is -0.265. The first-order chi connectivity index (χ1) is 8.22. The monoisotopic (exact) mass is 249 g/mol. The highest BCUT2D eigenvalue weighted by molar-refractivity contribution is 6.33. The molecule has 0 radical (unpaired) electrons. The van der Waals surface area contributed by atoms with E-state index in [1.807, 2.05) is 24.3 Å². The first kappa shape index (κ1) is 12.1. The lowest BCUT2D eigenvalue weighted by Gasteiger charge is -2.08. The lowest BCUT2D eigenvalue weighted by Crippen LogP contribution is -2.03. The Labute approximate surface area is 105 Å². The van der Waals surface area contributed by atoms with Gasteiger partial charge in [0.15, 0.2) is 0 Å². The van der Waals surface area contributed by atoms with Gasteiger partial charge in [-0.2, -0.15) is 0 Å². The molecule has 0 saturated carbocycles. The minimum absolute atomic E-state index is 0.265. The summed E-state index contributed by atoms with van der Waals surface area (Å²) in [7, 11) is 0. The van der Waals surface area contributed by atoms with Gasteiger partial charge < -0.3 is 5.73 Å². The predicted molar refractivity (Wildman–Crippen MR) is 69.6 cm³/mol. The van der Waals surface area contributed by atoms with Crippen molar-refractivity contribution in [1.82, 2.24) is 0 Å². The molecule has 0 aromatic heterocycles. The van der Waals surface area contributed by atoms with Crippen molar-refractivity contribution in [2.75, 3.05) is 6.54 Å². The van der Waals surface area contributed by atoms with Crippen LogP contribution in [0, 0.1) is 5.82 Å². The van der Waals surface area contributed by atoms with Crippen LogP contribution in [-0.4, -0.2) is 6.54 Å². The summed E-state index contributed by atoms with van der Waals surface area (Å²) >= 11 is 6.07. The normalized spacial score (nSPS) is 10.5.